The van der Waals surface area contributed by atoms with Crippen LogP contribution in [0.3, 0.4) is 0 Å². The molecule has 1 rings (SSSR count). The highest BCUT2D eigenvalue weighted by Crippen LogP contribution is 2.12. The molecule has 0 bridgehead atoms. The van der Waals surface area contributed by atoms with Gasteiger partial charge in [0, 0.05) is 18.8 Å². The Bertz CT molecular complexity index is 513. The smallest absolute Gasteiger partial charge is 0.333 e. The van der Waals surface area contributed by atoms with Gasteiger partial charge in [-0.25, -0.2) is 0 Å². The lowest BCUT2D eigenvalue weighted by Gasteiger charge is -2.16. The number of pyridine rings is 1. The van der Waals surface area contributed by atoms with E-state index in [4.69, 9.17) is 0 Å². The molecule has 1 aromatic rings. The van der Waals surface area contributed by atoms with Gasteiger partial charge < -0.3 is 9.88 Å². The van der Waals surface area contributed by atoms with E-state index in [0.29, 0.717) is 18.5 Å². The second-order valence-electron chi connectivity index (χ2n) is 4.94. The third-order valence-electron chi connectivity index (χ3n) is 2.61. The molecule has 1 unspecified atom stereocenters. The van der Waals surface area contributed by atoms with Crippen LogP contribution in [0.25, 0.3) is 0 Å². The minimum absolute atomic E-state index is 0.214. The molecule has 19 heavy (non-hydrogen) atoms. The minimum atomic E-state index is -0.652. The van der Waals surface area contributed by atoms with Gasteiger partial charge in [0.1, 0.15) is 0 Å². The normalized spacial score (nSPS) is 12.7. The maximum atomic E-state index is 11.5. The van der Waals surface area contributed by atoms with Crippen molar-refractivity contribution in [3.8, 4) is 0 Å². The van der Waals surface area contributed by atoms with Crippen LogP contribution in [0.15, 0.2) is 21.7 Å². The predicted octanol–water partition coefficient (Wildman–Crippen LogP) is 2.15. The molecule has 0 amide bonds. The van der Waals surface area contributed by atoms with E-state index in [-0.39, 0.29) is 4.47 Å². The number of nitro groups is 1. The molecular formula is C12H18BrN3O3. The van der Waals surface area contributed by atoms with Crippen molar-refractivity contribution < 1.29 is 4.92 Å². The first-order valence-corrected chi connectivity index (χ1v) is 6.88. The largest absolute Gasteiger partial charge is 0.347 e. The Morgan fingerprint density at radius 1 is 1.42 bits per heavy atom. The highest BCUT2D eigenvalue weighted by atomic mass is 79.9. The van der Waals surface area contributed by atoms with Gasteiger partial charge in [0.05, 0.1) is 15.6 Å². The van der Waals surface area contributed by atoms with Gasteiger partial charge in [-0.05, 0) is 28.4 Å². The first kappa shape index (κ1) is 15.8. The van der Waals surface area contributed by atoms with Crippen LogP contribution >= 0.6 is 15.9 Å². The van der Waals surface area contributed by atoms with Crippen molar-refractivity contribution in [1.29, 1.82) is 0 Å². The van der Waals surface area contributed by atoms with Gasteiger partial charge in [0.25, 0.3) is 5.43 Å². The molecule has 6 nitrogen and oxygen atoms in total. The van der Waals surface area contributed by atoms with Crippen molar-refractivity contribution in [1.82, 2.24) is 9.88 Å². The lowest BCUT2D eigenvalue weighted by molar-refractivity contribution is -0.386. The van der Waals surface area contributed by atoms with Crippen molar-refractivity contribution in [2.24, 2.45) is 5.92 Å². The molecule has 0 aliphatic heterocycles. The summed E-state index contributed by atoms with van der Waals surface area (Å²) in [6, 6.07) is 0.401. The molecule has 7 heteroatoms. The lowest BCUT2D eigenvalue weighted by Crippen LogP contribution is -2.29. The van der Waals surface area contributed by atoms with E-state index in [1.807, 2.05) is 6.92 Å². The number of hydrogen-bond donors (Lipinski definition) is 1. The molecule has 106 valence electrons. The molecule has 1 atom stereocenters. The van der Waals surface area contributed by atoms with E-state index < -0.39 is 16.0 Å². The van der Waals surface area contributed by atoms with Crippen LogP contribution in [0.5, 0.6) is 0 Å². The zero-order valence-corrected chi connectivity index (χ0v) is 12.8. The maximum absolute atomic E-state index is 11.5. The number of nitrogens with one attached hydrogen (secondary N) is 1. The summed E-state index contributed by atoms with van der Waals surface area (Å²) in [6.07, 6.45) is 2.88. The molecule has 0 saturated carbocycles. The molecule has 0 aromatic carbocycles. The molecule has 0 fully saturated rings. The molecule has 1 heterocycles. The quantitative estimate of drug-likeness (QED) is 0.640. The Kier molecular flexibility index (Phi) is 5.68. The molecule has 0 saturated heterocycles. The van der Waals surface area contributed by atoms with E-state index >= 15 is 0 Å². The highest BCUT2D eigenvalue weighted by Gasteiger charge is 2.16. The highest BCUT2D eigenvalue weighted by molar-refractivity contribution is 9.10. The third kappa shape index (κ3) is 4.76. The standard InChI is InChI=1S/C12H18BrN3O3/c1-8(2)14-4-9(3)5-15-6-10(13)12(17)11(7-15)16(18)19/h6-9,14H,4-5H2,1-3H3. The Hall–Kier alpha value is -1.21. The zero-order valence-electron chi connectivity index (χ0n) is 11.2. The Balaban J connectivity index is 2.85. The van der Waals surface area contributed by atoms with Crippen LogP contribution in [-0.2, 0) is 6.54 Å². The van der Waals surface area contributed by atoms with Crippen molar-refractivity contribution in [3.05, 3.63) is 37.2 Å². The summed E-state index contributed by atoms with van der Waals surface area (Å²) in [5.41, 5.74) is -0.993. The summed E-state index contributed by atoms with van der Waals surface area (Å²) >= 11 is 3.06. The van der Waals surface area contributed by atoms with E-state index in [0.717, 1.165) is 6.54 Å². The number of halogens is 1. The van der Waals surface area contributed by atoms with Gasteiger partial charge in [-0.3, -0.25) is 14.9 Å². The van der Waals surface area contributed by atoms with E-state index in [9.17, 15) is 14.9 Å². The van der Waals surface area contributed by atoms with Crippen molar-refractivity contribution in [2.75, 3.05) is 6.54 Å². The fraction of sp³-hybridized carbons (Fsp3) is 0.583. The molecule has 0 aliphatic carbocycles. The van der Waals surface area contributed by atoms with Gasteiger partial charge in [0.15, 0.2) is 0 Å². The van der Waals surface area contributed by atoms with Crippen molar-refractivity contribution >= 4 is 21.6 Å². The van der Waals surface area contributed by atoms with Crippen LogP contribution in [0, 0.1) is 16.0 Å². The van der Waals surface area contributed by atoms with Crippen LogP contribution < -0.4 is 10.7 Å². The fourth-order valence-corrected chi connectivity index (χ4v) is 2.14. The maximum Gasteiger partial charge on any atom is 0.333 e. The summed E-state index contributed by atoms with van der Waals surface area (Å²) in [6.45, 7) is 7.60. The number of nitrogens with zero attached hydrogens (tertiary/aromatic N) is 2. The second-order valence-corrected chi connectivity index (χ2v) is 5.80. The van der Waals surface area contributed by atoms with Crippen LogP contribution in [-0.4, -0.2) is 22.1 Å². The Morgan fingerprint density at radius 2 is 2.05 bits per heavy atom. The SMILES string of the molecule is CC(CNC(C)C)Cn1cc(Br)c(=O)c([N+](=O)[O-])c1. The third-order valence-corrected chi connectivity index (χ3v) is 3.18. The fourth-order valence-electron chi connectivity index (χ4n) is 1.68. The Labute approximate surface area is 120 Å². The predicted molar refractivity (Wildman–Crippen MR) is 77.4 cm³/mol. The molecular weight excluding hydrogens is 314 g/mol. The first-order chi connectivity index (χ1) is 8.81. The van der Waals surface area contributed by atoms with Crippen LogP contribution in [0.4, 0.5) is 5.69 Å². The minimum Gasteiger partial charge on any atom is -0.347 e. The summed E-state index contributed by atoms with van der Waals surface area (Å²) in [7, 11) is 0. The molecule has 1 aromatic heterocycles. The summed E-state index contributed by atoms with van der Waals surface area (Å²) in [5, 5.41) is 14.1. The summed E-state index contributed by atoms with van der Waals surface area (Å²) in [4.78, 5) is 21.7. The van der Waals surface area contributed by atoms with Crippen LogP contribution in [0.2, 0.25) is 0 Å². The van der Waals surface area contributed by atoms with Gasteiger partial charge in [-0.15, -0.1) is 0 Å². The monoisotopic (exact) mass is 331 g/mol. The van der Waals surface area contributed by atoms with Gasteiger partial charge >= 0.3 is 5.69 Å². The number of aromatic nitrogens is 1. The van der Waals surface area contributed by atoms with Crippen LogP contribution in [0.1, 0.15) is 20.8 Å². The topological polar surface area (TPSA) is 77.2 Å². The molecule has 0 radical (unpaired) electrons. The average Bonchev–Trinajstić information content (AvgIpc) is 2.30. The number of rotatable bonds is 6. The Morgan fingerprint density at radius 3 is 2.58 bits per heavy atom. The summed E-state index contributed by atoms with van der Waals surface area (Å²) in [5.74, 6) is 0.302. The van der Waals surface area contributed by atoms with Gasteiger partial charge in [-0.2, -0.15) is 0 Å². The lowest BCUT2D eigenvalue weighted by atomic mass is 10.1. The number of hydrogen-bond acceptors (Lipinski definition) is 4. The first-order valence-electron chi connectivity index (χ1n) is 6.08. The second kappa shape index (κ2) is 6.81. The van der Waals surface area contributed by atoms with Gasteiger partial charge in [-0.1, -0.05) is 20.8 Å². The van der Waals surface area contributed by atoms with Crippen molar-refractivity contribution in [2.45, 2.75) is 33.4 Å². The molecule has 0 aliphatic rings. The van der Waals surface area contributed by atoms with Gasteiger partial charge in [0.2, 0.25) is 0 Å². The van der Waals surface area contributed by atoms with E-state index in [1.54, 1.807) is 10.8 Å². The summed E-state index contributed by atoms with van der Waals surface area (Å²) < 4.78 is 1.89. The van der Waals surface area contributed by atoms with Crippen molar-refractivity contribution in [3.63, 3.8) is 0 Å². The molecule has 0 spiro atoms. The van der Waals surface area contributed by atoms with E-state index in [2.05, 4.69) is 35.1 Å². The van der Waals surface area contributed by atoms with E-state index in [1.165, 1.54) is 6.20 Å². The zero-order chi connectivity index (χ0) is 14.6. The molecule has 1 N–H and O–H groups in total. The average molecular weight is 332 g/mol.